The van der Waals surface area contributed by atoms with Gasteiger partial charge in [-0.1, -0.05) is 95.5 Å². The summed E-state index contributed by atoms with van der Waals surface area (Å²) in [7, 11) is 0. The number of hydrogen-bond acceptors (Lipinski definition) is 6. The predicted molar refractivity (Wildman–Crippen MR) is 179 cm³/mol. The van der Waals surface area contributed by atoms with Gasteiger partial charge in [-0.3, -0.25) is 9.13 Å². The molecule has 0 bridgehead atoms. The second-order valence-electron chi connectivity index (χ2n) is 10.7. The molecule has 8 heteroatoms. The van der Waals surface area contributed by atoms with Gasteiger partial charge in [0.25, 0.3) is 0 Å². The van der Waals surface area contributed by atoms with Crippen LogP contribution in [0.2, 0.25) is 0 Å². The first-order valence-corrected chi connectivity index (χ1v) is 15.9. The van der Waals surface area contributed by atoms with Gasteiger partial charge in [0.2, 0.25) is 11.8 Å². The molecule has 0 aliphatic heterocycles. The number of para-hydroxylation sites is 4. The summed E-state index contributed by atoms with van der Waals surface area (Å²) in [5.74, 6) is 2.98. The van der Waals surface area contributed by atoms with Crippen LogP contribution in [0.5, 0.6) is 0 Å². The number of furan rings is 2. The van der Waals surface area contributed by atoms with E-state index < -0.39 is 0 Å². The van der Waals surface area contributed by atoms with Gasteiger partial charge in [-0.05, 0) is 36.4 Å². The molecule has 0 radical (unpaired) electrons. The maximum atomic E-state index is 6.43. The van der Waals surface area contributed by atoms with Crippen LogP contribution in [0.1, 0.15) is 0 Å². The highest BCUT2D eigenvalue weighted by Crippen LogP contribution is 2.40. The normalized spacial score (nSPS) is 12.1. The Kier molecular flexibility index (Phi) is 4.94. The highest BCUT2D eigenvalue weighted by Gasteiger charge is 2.20. The number of thiazole rings is 2. The fourth-order valence-corrected chi connectivity index (χ4v) is 8.26. The van der Waals surface area contributed by atoms with Crippen molar-refractivity contribution in [1.82, 2.24) is 19.1 Å². The highest BCUT2D eigenvalue weighted by molar-refractivity contribution is 7.29. The quantitative estimate of drug-likeness (QED) is 0.200. The van der Waals surface area contributed by atoms with E-state index in [9.17, 15) is 0 Å². The van der Waals surface area contributed by atoms with E-state index in [-0.39, 0.29) is 0 Å². The number of fused-ring (bicyclic) bond motifs is 7. The number of nitrogens with zero attached hydrogens (tertiary/aromatic N) is 4. The monoisotopic (exact) mass is 604 g/mol. The average Bonchev–Trinajstić information content (AvgIpc) is 3.90. The second kappa shape index (κ2) is 9.03. The van der Waals surface area contributed by atoms with Crippen LogP contribution in [0.15, 0.2) is 130 Å². The minimum atomic E-state index is 0.727. The van der Waals surface area contributed by atoms with Crippen molar-refractivity contribution in [3.8, 4) is 33.3 Å². The van der Waals surface area contributed by atoms with E-state index in [0.717, 1.165) is 65.0 Å². The molecule has 0 aliphatic rings. The van der Waals surface area contributed by atoms with Crippen LogP contribution < -0.4 is 0 Å². The Hall–Kier alpha value is -5.44. The molecule has 0 fully saturated rings. The maximum absolute atomic E-state index is 6.43. The summed E-state index contributed by atoms with van der Waals surface area (Å²) in [4.78, 5) is 11.6. The fraction of sp³-hybridized carbons (Fsp3) is 0. The molecular weight excluding hydrogens is 585 g/mol. The van der Waals surface area contributed by atoms with Crippen molar-refractivity contribution in [1.29, 1.82) is 0 Å². The van der Waals surface area contributed by atoms with Crippen LogP contribution in [0.4, 0.5) is 0 Å². The van der Waals surface area contributed by atoms with Gasteiger partial charge in [0.15, 0.2) is 31.2 Å². The standard InChI is InChI=1S/C36H20N4O2S2/c1-5-13-25-21(9-1)22-10-2-6-14-26(22)39(25)31-19-17-29(41-31)33-37-35-36(43-33)38-34(44-35)30-18-20-32(42-30)40-27-15-7-3-11-23(27)24-12-4-8-16-28(24)40/h1-20H. The third-order valence-electron chi connectivity index (χ3n) is 8.18. The first-order valence-electron chi connectivity index (χ1n) is 14.2. The van der Waals surface area contributed by atoms with Crippen molar-refractivity contribution in [2.75, 3.05) is 0 Å². The number of benzene rings is 4. The van der Waals surface area contributed by atoms with E-state index in [1.807, 2.05) is 24.3 Å². The molecule has 208 valence electrons. The Morgan fingerprint density at radius 2 is 0.750 bits per heavy atom. The molecule has 10 rings (SSSR count). The van der Waals surface area contributed by atoms with E-state index >= 15 is 0 Å². The smallest absolute Gasteiger partial charge is 0.205 e. The van der Waals surface area contributed by atoms with E-state index in [1.54, 1.807) is 0 Å². The van der Waals surface area contributed by atoms with Crippen molar-refractivity contribution in [3.05, 3.63) is 121 Å². The SMILES string of the molecule is c1ccc2c(c1)c1ccccc1n2-c1ccc(-c2nc3sc(-c4ccc(-n5c6ccccc6c6ccccc65)o4)nc3s2)o1. The Morgan fingerprint density at radius 1 is 0.409 bits per heavy atom. The van der Waals surface area contributed by atoms with Gasteiger partial charge >= 0.3 is 0 Å². The van der Waals surface area contributed by atoms with Gasteiger partial charge in [0.1, 0.15) is 0 Å². The zero-order valence-electron chi connectivity index (χ0n) is 23.0. The maximum Gasteiger partial charge on any atom is 0.205 e. The van der Waals surface area contributed by atoms with Gasteiger partial charge in [-0.2, -0.15) is 0 Å². The van der Waals surface area contributed by atoms with Crippen LogP contribution in [0, 0.1) is 0 Å². The lowest BCUT2D eigenvalue weighted by Crippen LogP contribution is -1.90. The molecule has 0 spiro atoms. The van der Waals surface area contributed by atoms with Crippen molar-refractivity contribution in [3.63, 3.8) is 0 Å². The minimum absolute atomic E-state index is 0.727. The van der Waals surface area contributed by atoms with Crippen molar-refractivity contribution < 1.29 is 8.83 Å². The van der Waals surface area contributed by atoms with Gasteiger partial charge in [-0.15, -0.1) is 0 Å². The van der Waals surface area contributed by atoms with Gasteiger partial charge in [-0.25, -0.2) is 9.97 Å². The Balaban J connectivity index is 1.01. The molecule has 0 N–H and O–H groups in total. The molecule has 0 saturated heterocycles. The second-order valence-corrected chi connectivity index (χ2v) is 12.6. The molecule has 6 heterocycles. The summed E-state index contributed by atoms with van der Waals surface area (Å²) in [6, 6.07) is 41.7. The van der Waals surface area contributed by atoms with Gasteiger partial charge in [0.05, 0.1) is 22.1 Å². The lowest BCUT2D eigenvalue weighted by Gasteiger charge is -2.03. The molecule has 0 unspecified atom stereocenters. The lowest BCUT2D eigenvalue weighted by molar-refractivity contribution is 0.559. The fourth-order valence-electron chi connectivity index (χ4n) is 6.30. The minimum Gasteiger partial charge on any atom is -0.437 e. The van der Waals surface area contributed by atoms with Crippen LogP contribution in [-0.4, -0.2) is 19.1 Å². The Labute approximate surface area is 257 Å². The molecule has 6 nitrogen and oxygen atoms in total. The molecule has 44 heavy (non-hydrogen) atoms. The zero-order valence-corrected chi connectivity index (χ0v) is 24.6. The van der Waals surface area contributed by atoms with E-state index in [4.69, 9.17) is 18.8 Å². The summed E-state index contributed by atoms with van der Waals surface area (Å²) in [6.45, 7) is 0. The molecular formula is C36H20N4O2S2. The first-order chi connectivity index (χ1) is 21.8. The molecule has 0 atom stereocenters. The molecule has 6 aromatic heterocycles. The van der Waals surface area contributed by atoms with E-state index in [1.165, 1.54) is 44.2 Å². The van der Waals surface area contributed by atoms with Crippen LogP contribution in [-0.2, 0) is 0 Å². The Morgan fingerprint density at radius 3 is 1.11 bits per heavy atom. The highest BCUT2D eigenvalue weighted by atomic mass is 32.1. The molecule has 10 aromatic rings. The first kappa shape index (κ1) is 24.0. The summed E-state index contributed by atoms with van der Waals surface area (Å²) >= 11 is 3.06. The largest absolute Gasteiger partial charge is 0.437 e. The summed E-state index contributed by atoms with van der Waals surface area (Å²) in [5.41, 5.74) is 4.44. The van der Waals surface area contributed by atoms with Gasteiger partial charge < -0.3 is 8.83 Å². The molecule has 0 amide bonds. The van der Waals surface area contributed by atoms with Gasteiger partial charge in [0, 0.05) is 33.7 Å². The summed E-state index contributed by atoms with van der Waals surface area (Å²) in [6.07, 6.45) is 0. The molecule has 0 aliphatic carbocycles. The Bertz CT molecular complexity index is 2380. The zero-order chi connectivity index (χ0) is 28.8. The average molecular weight is 605 g/mol. The van der Waals surface area contributed by atoms with Crippen LogP contribution >= 0.6 is 22.7 Å². The third-order valence-corrected chi connectivity index (χ3v) is 10.2. The number of rotatable bonds is 4. The molecule has 0 saturated carbocycles. The van der Waals surface area contributed by atoms with E-state index in [0.29, 0.717) is 0 Å². The summed E-state index contributed by atoms with van der Waals surface area (Å²) < 4.78 is 17.2. The third kappa shape index (κ3) is 3.40. The van der Waals surface area contributed by atoms with E-state index in [2.05, 4.69) is 106 Å². The topological polar surface area (TPSA) is 61.9 Å². The molecule has 4 aromatic carbocycles. The van der Waals surface area contributed by atoms with Crippen LogP contribution in [0.25, 0.3) is 86.6 Å². The van der Waals surface area contributed by atoms with Crippen molar-refractivity contribution in [2.24, 2.45) is 0 Å². The van der Waals surface area contributed by atoms with Crippen molar-refractivity contribution >= 4 is 75.9 Å². The summed E-state index contributed by atoms with van der Waals surface area (Å²) in [5, 5.41) is 6.42. The lowest BCUT2D eigenvalue weighted by atomic mass is 10.2. The van der Waals surface area contributed by atoms with Crippen LogP contribution in [0.3, 0.4) is 0 Å². The number of hydrogen-bond donors (Lipinski definition) is 0. The number of aromatic nitrogens is 4. The predicted octanol–water partition coefficient (Wildman–Crippen LogP) is 10.5. The van der Waals surface area contributed by atoms with Crippen molar-refractivity contribution in [2.45, 2.75) is 0 Å².